The summed E-state index contributed by atoms with van der Waals surface area (Å²) in [6.07, 6.45) is 0.334. The van der Waals surface area contributed by atoms with E-state index in [9.17, 15) is 9.59 Å². The molecule has 1 aromatic carbocycles. The van der Waals surface area contributed by atoms with Crippen molar-refractivity contribution in [1.82, 2.24) is 0 Å². The van der Waals surface area contributed by atoms with Gasteiger partial charge in [-0.05, 0) is 25.0 Å². The van der Waals surface area contributed by atoms with Crippen molar-refractivity contribution in [3.05, 3.63) is 23.3 Å². The van der Waals surface area contributed by atoms with E-state index in [2.05, 4.69) is 0 Å². The average molecular weight is 264 g/mol. The van der Waals surface area contributed by atoms with Gasteiger partial charge >= 0.3 is 5.97 Å². The molecule has 0 heterocycles. The Morgan fingerprint density at radius 2 is 2.05 bits per heavy atom. The molecule has 0 spiro atoms. The molecule has 0 amide bonds. The van der Waals surface area contributed by atoms with E-state index in [4.69, 9.17) is 14.2 Å². The molecule has 1 atom stereocenters. The molecule has 1 aliphatic carbocycles. The molecular weight excluding hydrogens is 248 g/mol. The minimum Gasteiger partial charge on any atom is -0.497 e. The third-order valence-electron chi connectivity index (χ3n) is 3.17. The zero-order valence-corrected chi connectivity index (χ0v) is 11.2. The molecule has 1 unspecified atom stereocenters. The Kier molecular flexibility index (Phi) is 3.74. The van der Waals surface area contributed by atoms with E-state index in [-0.39, 0.29) is 12.4 Å². The fraction of sp³-hybridized carbons (Fsp3) is 0.429. The molecule has 2 rings (SSSR count). The zero-order valence-electron chi connectivity index (χ0n) is 11.2. The summed E-state index contributed by atoms with van der Waals surface area (Å²) >= 11 is 0. The number of carbonyl (C=O) groups is 2. The minimum absolute atomic E-state index is 0.243. The van der Waals surface area contributed by atoms with Crippen LogP contribution in [0.3, 0.4) is 0 Å². The maximum Gasteiger partial charge on any atom is 0.317 e. The van der Waals surface area contributed by atoms with Crippen LogP contribution in [0.4, 0.5) is 0 Å². The summed E-state index contributed by atoms with van der Waals surface area (Å²) in [5.74, 6) is -0.451. The van der Waals surface area contributed by atoms with Crippen LogP contribution in [0, 0.1) is 5.92 Å². The van der Waals surface area contributed by atoms with Crippen LogP contribution in [0.25, 0.3) is 0 Å². The lowest BCUT2D eigenvalue weighted by Crippen LogP contribution is -2.23. The lowest BCUT2D eigenvalue weighted by atomic mass is 10.1. The SMILES string of the molecule is CCOC(=O)C1Cc2cc(OC)cc(OC)c2C1=O. The lowest BCUT2D eigenvalue weighted by Gasteiger charge is -2.09. The maximum atomic E-state index is 12.3. The van der Waals surface area contributed by atoms with Gasteiger partial charge in [-0.1, -0.05) is 0 Å². The molecule has 0 aromatic heterocycles. The van der Waals surface area contributed by atoms with Gasteiger partial charge in [-0.25, -0.2) is 0 Å². The van der Waals surface area contributed by atoms with Crippen molar-refractivity contribution in [3.8, 4) is 11.5 Å². The summed E-state index contributed by atoms with van der Waals surface area (Å²) in [5, 5.41) is 0. The predicted octanol–water partition coefficient (Wildman–Crippen LogP) is 1.62. The Hall–Kier alpha value is -2.04. The fourth-order valence-corrected chi connectivity index (χ4v) is 2.28. The number of carbonyl (C=O) groups excluding carboxylic acids is 2. The molecule has 0 radical (unpaired) electrons. The van der Waals surface area contributed by atoms with Gasteiger partial charge < -0.3 is 14.2 Å². The Morgan fingerprint density at radius 1 is 1.32 bits per heavy atom. The van der Waals surface area contributed by atoms with E-state index in [1.54, 1.807) is 26.2 Å². The molecule has 0 N–H and O–H groups in total. The molecule has 5 nitrogen and oxygen atoms in total. The van der Waals surface area contributed by atoms with E-state index in [0.29, 0.717) is 23.5 Å². The van der Waals surface area contributed by atoms with Crippen LogP contribution in [0.15, 0.2) is 12.1 Å². The number of esters is 1. The Labute approximate surface area is 111 Å². The molecule has 5 heteroatoms. The Morgan fingerprint density at radius 3 is 2.63 bits per heavy atom. The quantitative estimate of drug-likeness (QED) is 0.611. The molecule has 1 aromatic rings. The summed E-state index contributed by atoms with van der Waals surface area (Å²) in [4.78, 5) is 24.0. The van der Waals surface area contributed by atoms with Crippen molar-refractivity contribution in [3.63, 3.8) is 0 Å². The summed E-state index contributed by atoms with van der Waals surface area (Å²) < 4.78 is 15.3. The monoisotopic (exact) mass is 264 g/mol. The van der Waals surface area contributed by atoms with Crippen LogP contribution in [-0.2, 0) is 16.0 Å². The van der Waals surface area contributed by atoms with Gasteiger partial charge in [0.15, 0.2) is 5.78 Å². The van der Waals surface area contributed by atoms with E-state index < -0.39 is 11.9 Å². The first-order valence-electron chi connectivity index (χ1n) is 6.08. The van der Waals surface area contributed by atoms with Crippen molar-refractivity contribution >= 4 is 11.8 Å². The molecule has 19 heavy (non-hydrogen) atoms. The highest BCUT2D eigenvalue weighted by Gasteiger charge is 2.39. The van der Waals surface area contributed by atoms with Crippen LogP contribution in [0.5, 0.6) is 11.5 Å². The highest BCUT2D eigenvalue weighted by Crippen LogP contribution is 2.37. The first-order valence-corrected chi connectivity index (χ1v) is 6.08. The number of benzene rings is 1. The number of methoxy groups -OCH3 is 2. The third kappa shape index (κ3) is 2.28. The van der Waals surface area contributed by atoms with Gasteiger partial charge in [0, 0.05) is 6.07 Å². The van der Waals surface area contributed by atoms with Gasteiger partial charge in [0.05, 0.1) is 26.4 Å². The standard InChI is InChI=1S/C14H16O5/c1-4-19-14(16)10-6-8-5-9(17-2)7-11(18-3)12(8)13(10)15/h5,7,10H,4,6H2,1-3H3. The van der Waals surface area contributed by atoms with Gasteiger partial charge in [0.2, 0.25) is 0 Å². The largest absolute Gasteiger partial charge is 0.497 e. The number of ether oxygens (including phenoxy) is 3. The van der Waals surface area contributed by atoms with Gasteiger partial charge in [0.25, 0.3) is 0 Å². The highest BCUT2D eigenvalue weighted by molar-refractivity contribution is 6.13. The van der Waals surface area contributed by atoms with Crippen molar-refractivity contribution in [2.75, 3.05) is 20.8 Å². The van der Waals surface area contributed by atoms with Gasteiger partial charge in [-0.15, -0.1) is 0 Å². The van der Waals surface area contributed by atoms with Crippen LogP contribution in [0.1, 0.15) is 22.8 Å². The molecule has 102 valence electrons. The topological polar surface area (TPSA) is 61.8 Å². The highest BCUT2D eigenvalue weighted by atomic mass is 16.5. The third-order valence-corrected chi connectivity index (χ3v) is 3.17. The number of rotatable bonds is 4. The molecule has 0 fully saturated rings. The second-order valence-corrected chi connectivity index (χ2v) is 4.24. The molecule has 0 bridgehead atoms. The molecule has 1 aliphatic rings. The summed E-state index contributed by atoms with van der Waals surface area (Å²) in [6.45, 7) is 1.98. The van der Waals surface area contributed by atoms with Crippen LogP contribution >= 0.6 is 0 Å². The van der Waals surface area contributed by atoms with E-state index >= 15 is 0 Å². The second kappa shape index (κ2) is 5.30. The first-order chi connectivity index (χ1) is 9.12. The molecule has 0 saturated heterocycles. The zero-order chi connectivity index (χ0) is 14.0. The minimum atomic E-state index is -0.768. The summed E-state index contributed by atoms with van der Waals surface area (Å²) in [5.41, 5.74) is 1.22. The fourth-order valence-electron chi connectivity index (χ4n) is 2.28. The first kappa shape index (κ1) is 13.4. The normalized spacial score (nSPS) is 17.0. The smallest absolute Gasteiger partial charge is 0.317 e. The average Bonchev–Trinajstić information content (AvgIpc) is 2.75. The van der Waals surface area contributed by atoms with Crippen LogP contribution in [-0.4, -0.2) is 32.6 Å². The number of fused-ring (bicyclic) bond motifs is 1. The van der Waals surface area contributed by atoms with Gasteiger partial charge in [-0.3, -0.25) is 9.59 Å². The van der Waals surface area contributed by atoms with Crippen molar-refractivity contribution in [1.29, 1.82) is 0 Å². The van der Waals surface area contributed by atoms with Crippen molar-refractivity contribution in [2.45, 2.75) is 13.3 Å². The Bertz CT molecular complexity index is 521. The van der Waals surface area contributed by atoms with Crippen molar-refractivity contribution in [2.24, 2.45) is 5.92 Å². The van der Waals surface area contributed by atoms with E-state index in [0.717, 1.165) is 5.56 Å². The number of hydrogen-bond donors (Lipinski definition) is 0. The molecule has 0 aliphatic heterocycles. The van der Waals surface area contributed by atoms with Crippen LogP contribution in [0.2, 0.25) is 0 Å². The second-order valence-electron chi connectivity index (χ2n) is 4.24. The van der Waals surface area contributed by atoms with Gasteiger partial charge in [0.1, 0.15) is 17.4 Å². The number of ketones is 1. The molecular formula is C14H16O5. The van der Waals surface area contributed by atoms with E-state index in [1.165, 1.54) is 7.11 Å². The van der Waals surface area contributed by atoms with Crippen LogP contribution < -0.4 is 9.47 Å². The van der Waals surface area contributed by atoms with Gasteiger partial charge in [-0.2, -0.15) is 0 Å². The summed E-state index contributed by atoms with van der Waals surface area (Å²) in [7, 11) is 3.03. The van der Waals surface area contributed by atoms with E-state index in [1.807, 2.05) is 0 Å². The molecule has 0 saturated carbocycles. The lowest BCUT2D eigenvalue weighted by molar-refractivity contribution is -0.145. The Balaban J connectivity index is 2.39. The maximum absolute atomic E-state index is 12.3. The predicted molar refractivity (Wildman–Crippen MR) is 67.7 cm³/mol. The number of Topliss-reactive ketones (excluding diaryl/α,β-unsaturated/α-hetero) is 1. The summed E-state index contributed by atoms with van der Waals surface area (Å²) in [6, 6.07) is 3.40. The van der Waals surface area contributed by atoms with Crippen molar-refractivity contribution < 1.29 is 23.8 Å². The number of hydrogen-bond acceptors (Lipinski definition) is 5.